The maximum absolute atomic E-state index is 12.5. The van der Waals surface area contributed by atoms with E-state index >= 15 is 0 Å². The van der Waals surface area contributed by atoms with Crippen molar-refractivity contribution < 1.29 is 13.2 Å². The fourth-order valence-electron chi connectivity index (χ4n) is 1.96. The average molecular weight is 299 g/mol. The van der Waals surface area contributed by atoms with Crippen LogP contribution in [-0.2, 0) is 19.3 Å². The number of thiophene rings is 1. The fourth-order valence-corrected chi connectivity index (χ4v) is 2.71. The molecule has 0 fully saturated rings. The van der Waals surface area contributed by atoms with Crippen molar-refractivity contribution in [3.8, 4) is 0 Å². The van der Waals surface area contributed by atoms with Crippen LogP contribution in [0.25, 0.3) is 0 Å². The maximum atomic E-state index is 12.5. The molecule has 5 heteroatoms. The zero-order valence-electron chi connectivity index (χ0n) is 11.2. The number of hydrogen-bond acceptors (Lipinski definition) is 2. The normalized spacial score (nSPS) is 12.1. The highest BCUT2D eigenvalue weighted by molar-refractivity contribution is 7.09. The molecule has 0 spiro atoms. The number of rotatable bonds is 5. The van der Waals surface area contributed by atoms with Gasteiger partial charge >= 0.3 is 6.18 Å². The Balaban J connectivity index is 2.01. The van der Waals surface area contributed by atoms with Crippen molar-refractivity contribution in [1.82, 2.24) is 4.90 Å². The molecule has 2 aromatic rings. The van der Waals surface area contributed by atoms with Crippen LogP contribution in [-0.4, -0.2) is 11.4 Å². The second kappa shape index (κ2) is 6.41. The van der Waals surface area contributed by atoms with Crippen molar-refractivity contribution in [1.29, 1.82) is 0 Å². The van der Waals surface area contributed by atoms with Gasteiger partial charge in [-0.1, -0.05) is 25.1 Å². The van der Waals surface area contributed by atoms with Crippen LogP contribution in [0.3, 0.4) is 0 Å². The Morgan fingerprint density at radius 1 is 1.05 bits per heavy atom. The molecule has 0 aliphatic heterocycles. The Morgan fingerprint density at radius 3 is 2.25 bits per heavy atom. The van der Waals surface area contributed by atoms with Gasteiger partial charge in [0, 0.05) is 18.0 Å². The summed E-state index contributed by atoms with van der Waals surface area (Å²) >= 11 is 1.69. The standard InChI is InChI=1S/C15H16F3NS/c1-2-19(11-14-4-3-9-20-14)10-12-5-7-13(8-6-12)15(16,17)18/h3-9H,2,10-11H2,1H3. The van der Waals surface area contributed by atoms with Gasteiger partial charge in [-0.3, -0.25) is 4.90 Å². The van der Waals surface area contributed by atoms with Gasteiger partial charge in [0.2, 0.25) is 0 Å². The Kier molecular flexibility index (Phi) is 4.83. The Bertz CT molecular complexity index is 517. The highest BCUT2D eigenvalue weighted by Gasteiger charge is 2.29. The molecule has 0 N–H and O–H groups in total. The third-order valence-electron chi connectivity index (χ3n) is 3.09. The topological polar surface area (TPSA) is 3.24 Å². The Hall–Kier alpha value is -1.33. The zero-order valence-corrected chi connectivity index (χ0v) is 12.0. The molecule has 0 unspecified atom stereocenters. The summed E-state index contributed by atoms with van der Waals surface area (Å²) in [7, 11) is 0. The lowest BCUT2D eigenvalue weighted by molar-refractivity contribution is -0.137. The van der Waals surface area contributed by atoms with Crippen molar-refractivity contribution >= 4 is 11.3 Å². The first kappa shape index (κ1) is 15.1. The lowest BCUT2D eigenvalue weighted by Crippen LogP contribution is -2.21. The summed E-state index contributed by atoms with van der Waals surface area (Å²) in [6, 6.07) is 9.48. The molecule has 0 aliphatic rings. The van der Waals surface area contributed by atoms with Crippen LogP contribution in [0, 0.1) is 0 Å². The SMILES string of the molecule is CCN(Cc1ccc(C(F)(F)F)cc1)Cc1cccs1. The molecule has 1 heterocycles. The number of nitrogens with zero attached hydrogens (tertiary/aromatic N) is 1. The van der Waals surface area contributed by atoms with Gasteiger partial charge in [0.05, 0.1) is 5.56 Å². The molecule has 1 aromatic heterocycles. The fraction of sp³-hybridized carbons (Fsp3) is 0.333. The van der Waals surface area contributed by atoms with Crippen molar-refractivity contribution in [2.75, 3.05) is 6.54 Å². The third kappa shape index (κ3) is 4.08. The van der Waals surface area contributed by atoms with Gasteiger partial charge in [-0.05, 0) is 35.7 Å². The summed E-state index contributed by atoms with van der Waals surface area (Å²) < 4.78 is 37.5. The van der Waals surface area contributed by atoms with Crippen LogP contribution in [0.1, 0.15) is 22.9 Å². The zero-order chi connectivity index (χ0) is 14.6. The molecule has 20 heavy (non-hydrogen) atoms. The largest absolute Gasteiger partial charge is 0.416 e. The molecule has 0 atom stereocenters. The number of benzene rings is 1. The molecule has 1 aromatic carbocycles. The van der Waals surface area contributed by atoms with E-state index in [4.69, 9.17) is 0 Å². The van der Waals surface area contributed by atoms with E-state index in [0.29, 0.717) is 6.54 Å². The van der Waals surface area contributed by atoms with Crippen molar-refractivity contribution in [2.24, 2.45) is 0 Å². The summed E-state index contributed by atoms with van der Waals surface area (Å²) in [6.07, 6.45) is -4.26. The van der Waals surface area contributed by atoms with Crippen LogP contribution in [0.2, 0.25) is 0 Å². The smallest absolute Gasteiger partial charge is 0.294 e. The first-order valence-electron chi connectivity index (χ1n) is 6.40. The van der Waals surface area contributed by atoms with Crippen molar-refractivity contribution in [3.05, 3.63) is 57.8 Å². The van der Waals surface area contributed by atoms with Crippen LogP contribution < -0.4 is 0 Å². The predicted octanol–water partition coefficient (Wildman–Crippen LogP) is 4.79. The van der Waals surface area contributed by atoms with Gasteiger partial charge in [-0.25, -0.2) is 0 Å². The molecule has 108 valence electrons. The van der Waals surface area contributed by atoms with Crippen LogP contribution >= 0.6 is 11.3 Å². The van der Waals surface area contributed by atoms with E-state index < -0.39 is 11.7 Å². The van der Waals surface area contributed by atoms with Gasteiger partial charge in [-0.15, -0.1) is 11.3 Å². The van der Waals surface area contributed by atoms with E-state index in [1.807, 2.05) is 11.4 Å². The van der Waals surface area contributed by atoms with Crippen LogP contribution in [0.4, 0.5) is 13.2 Å². The minimum Gasteiger partial charge on any atom is -0.294 e. The van der Waals surface area contributed by atoms with E-state index in [9.17, 15) is 13.2 Å². The maximum Gasteiger partial charge on any atom is 0.416 e. The summed E-state index contributed by atoms with van der Waals surface area (Å²) in [5.74, 6) is 0. The highest BCUT2D eigenvalue weighted by Crippen LogP contribution is 2.29. The molecule has 2 rings (SSSR count). The van der Waals surface area contributed by atoms with Gasteiger partial charge in [-0.2, -0.15) is 13.2 Å². The second-order valence-corrected chi connectivity index (χ2v) is 5.61. The highest BCUT2D eigenvalue weighted by atomic mass is 32.1. The molecular weight excluding hydrogens is 283 g/mol. The summed E-state index contributed by atoms with van der Waals surface area (Å²) in [4.78, 5) is 3.47. The second-order valence-electron chi connectivity index (χ2n) is 4.58. The van der Waals surface area contributed by atoms with E-state index in [1.54, 1.807) is 23.5 Å². The molecule has 0 saturated carbocycles. The summed E-state index contributed by atoms with van der Waals surface area (Å²) in [5.41, 5.74) is 0.305. The van der Waals surface area contributed by atoms with E-state index in [2.05, 4.69) is 17.9 Å². The summed E-state index contributed by atoms with van der Waals surface area (Å²) in [6.45, 7) is 4.40. The number of hydrogen-bond donors (Lipinski definition) is 0. The van der Waals surface area contributed by atoms with Gasteiger partial charge in [0.1, 0.15) is 0 Å². The molecule has 0 aliphatic carbocycles. The van der Waals surface area contributed by atoms with Crippen molar-refractivity contribution in [2.45, 2.75) is 26.2 Å². The first-order valence-corrected chi connectivity index (χ1v) is 7.28. The van der Waals surface area contributed by atoms with E-state index in [-0.39, 0.29) is 0 Å². The van der Waals surface area contributed by atoms with Crippen molar-refractivity contribution in [3.63, 3.8) is 0 Å². The lowest BCUT2D eigenvalue weighted by atomic mass is 10.1. The third-order valence-corrected chi connectivity index (χ3v) is 3.96. The minimum absolute atomic E-state index is 0.595. The molecule has 0 bridgehead atoms. The molecular formula is C15H16F3NS. The van der Waals surface area contributed by atoms with Gasteiger partial charge < -0.3 is 0 Å². The van der Waals surface area contributed by atoms with E-state index in [0.717, 1.165) is 30.8 Å². The molecule has 0 radical (unpaired) electrons. The Morgan fingerprint density at radius 2 is 1.75 bits per heavy atom. The number of halogens is 3. The first-order chi connectivity index (χ1) is 9.49. The Labute approximate surface area is 120 Å². The van der Waals surface area contributed by atoms with Crippen LogP contribution in [0.15, 0.2) is 41.8 Å². The molecule has 0 saturated heterocycles. The average Bonchev–Trinajstić information content (AvgIpc) is 2.90. The van der Waals surface area contributed by atoms with Crippen LogP contribution in [0.5, 0.6) is 0 Å². The van der Waals surface area contributed by atoms with E-state index in [1.165, 1.54) is 4.88 Å². The quantitative estimate of drug-likeness (QED) is 0.767. The van der Waals surface area contributed by atoms with Gasteiger partial charge in [0.25, 0.3) is 0 Å². The predicted molar refractivity (Wildman–Crippen MR) is 75.6 cm³/mol. The molecule has 0 amide bonds. The minimum atomic E-state index is -4.26. The molecule has 1 nitrogen and oxygen atoms in total. The summed E-state index contributed by atoms with van der Waals surface area (Å²) in [5, 5.41) is 2.03. The lowest BCUT2D eigenvalue weighted by Gasteiger charge is -2.20. The van der Waals surface area contributed by atoms with Gasteiger partial charge in [0.15, 0.2) is 0 Å². The number of alkyl halides is 3. The monoisotopic (exact) mass is 299 g/mol.